The van der Waals surface area contributed by atoms with Crippen molar-refractivity contribution in [3.63, 3.8) is 0 Å². The van der Waals surface area contributed by atoms with E-state index in [4.69, 9.17) is 9.47 Å². The molecule has 0 aliphatic rings. The number of rotatable bonds is 4. The van der Waals surface area contributed by atoms with Crippen LogP contribution in [0, 0.1) is 0 Å². The summed E-state index contributed by atoms with van der Waals surface area (Å²) in [6.07, 6.45) is 0.354. The van der Waals surface area contributed by atoms with E-state index in [0.29, 0.717) is 25.9 Å². The molecule has 22 heavy (non-hydrogen) atoms. The van der Waals surface area contributed by atoms with Gasteiger partial charge in [0, 0.05) is 13.1 Å². The summed E-state index contributed by atoms with van der Waals surface area (Å²) in [6.45, 7) is 15.5. The molecule has 130 valence electrons. The monoisotopic (exact) mass is 316 g/mol. The molecule has 0 N–H and O–H groups in total. The maximum Gasteiger partial charge on any atom is 0.429 e. The van der Waals surface area contributed by atoms with Gasteiger partial charge in [0.15, 0.2) is 0 Å². The minimum Gasteiger partial charge on any atom is -0.442 e. The lowest BCUT2D eigenvalue weighted by atomic mass is 10.2. The summed E-state index contributed by atoms with van der Waals surface area (Å²) in [5.41, 5.74) is -1.23. The van der Waals surface area contributed by atoms with Gasteiger partial charge >= 0.3 is 12.2 Å². The zero-order valence-corrected chi connectivity index (χ0v) is 15.4. The van der Waals surface area contributed by atoms with E-state index in [0.717, 1.165) is 0 Å². The van der Waals surface area contributed by atoms with Crippen LogP contribution in [0.25, 0.3) is 0 Å². The van der Waals surface area contributed by atoms with Crippen LogP contribution in [0.15, 0.2) is 0 Å². The van der Waals surface area contributed by atoms with Gasteiger partial charge in [-0.05, 0) is 54.4 Å². The first-order chi connectivity index (χ1) is 9.91. The Kier molecular flexibility index (Phi) is 7.70. The van der Waals surface area contributed by atoms with Crippen LogP contribution in [0.4, 0.5) is 9.59 Å². The number of nitrogens with zero attached hydrogens (tertiary/aromatic N) is 2. The molecule has 6 nitrogen and oxygen atoms in total. The molecule has 6 heteroatoms. The summed E-state index contributed by atoms with van der Waals surface area (Å²) in [6, 6.07) is 0. The van der Waals surface area contributed by atoms with Crippen molar-refractivity contribution in [2.75, 3.05) is 13.1 Å². The molecule has 0 unspecified atom stereocenters. The molecule has 0 saturated heterocycles. The zero-order chi connectivity index (χ0) is 17.6. The molecule has 0 atom stereocenters. The number of carbonyl (C=O) groups is 2. The van der Waals surface area contributed by atoms with E-state index in [1.54, 1.807) is 41.5 Å². The van der Waals surface area contributed by atoms with E-state index in [1.807, 2.05) is 13.8 Å². The number of carbonyl (C=O) groups excluding carboxylic acids is 2. The van der Waals surface area contributed by atoms with Crippen molar-refractivity contribution >= 4 is 12.2 Å². The molecule has 0 heterocycles. The highest BCUT2D eigenvalue weighted by molar-refractivity contribution is 5.74. The molecular formula is C16H32N2O4. The smallest absolute Gasteiger partial charge is 0.429 e. The van der Waals surface area contributed by atoms with Crippen molar-refractivity contribution in [1.82, 2.24) is 10.0 Å². The highest BCUT2D eigenvalue weighted by atomic mass is 16.6. The first kappa shape index (κ1) is 20.5. The summed E-state index contributed by atoms with van der Waals surface area (Å²) in [5, 5.41) is 2.67. The Morgan fingerprint density at radius 1 is 0.727 bits per heavy atom. The molecule has 0 bridgehead atoms. The fourth-order valence-corrected chi connectivity index (χ4v) is 1.67. The normalized spacial score (nSPS) is 11.8. The Balaban J connectivity index is 5.25. The third kappa shape index (κ3) is 8.10. The van der Waals surface area contributed by atoms with Crippen molar-refractivity contribution in [2.45, 2.75) is 79.4 Å². The van der Waals surface area contributed by atoms with Crippen molar-refractivity contribution in [3.8, 4) is 0 Å². The van der Waals surface area contributed by atoms with E-state index in [-0.39, 0.29) is 0 Å². The SMILES string of the molecule is CCCN(C(=O)OC(C)(C)C)N(CCC)C(=O)OC(C)(C)C. The summed E-state index contributed by atoms with van der Waals surface area (Å²) in [5.74, 6) is 0. The zero-order valence-electron chi connectivity index (χ0n) is 15.4. The topological polar surface area (TPSA) is 59.1 Å². The number of hydrazine groups is 1. The average Bonchev–Trinajstić information content (AvgIpc) is 2.29. The third-order valence-corrected chi connectivity index (χ3v) is 2.37. The first-order valence-corrected chi connectivity index (χ1v) is 7.92. The number of hydrogen-bond donors (Lipinski definition) is 0. The lowest BCUT2D eigenvalue weighted by Gasteiger charge is -2.36. The molecule has 0 radical (unpaired) electrons. The molecule has 0 spiro atoms. The van der Waals surface area contributed by atoms with Gasteiger partial charge in [-0.2, -0.15) is 0 Å². The fourth-order valence-electron chi connectivity index (χ4n) is 1.67. The van der Waals surface area contributed by atoms with Crippen molar-refractivity contribution in [2.24, 2.45) is 0 Å². The molecule has 2 amide bonds. The molecule has 0 aromatic rings. The van der Waals surface area contributed by atoms with Gasteiger partial charge < -0.3 is 9.47 Å². The molecule has 0 aliphatic carbocycles. The molecule has 0 aromatic carbocycles. The fraction of sp³-hybridized carbons (Fsp3) is 0.875. The van der Waals surface area contributed by atoms with Crippen LogP contribution in [-0.2, 0) is 9.47 Å². The van der Waals surface area contributed by atoms with Crippen molar-refractivity contribution in [1.29, 1.82) is 0 Å². The van der Waals surface area contributed by atoms with E-state index in [9.17, 15) is 9.59 Å². The average molecular weight is 316 g/mol. The standard InChI is InChI=1S/C16H32N2O4/c1-9-11-17(13(19)21-15(3,4)5)18(12-10-2)14(20)22-16(6,7)8/h9-12H2,1-8H3. The van der Waals surface area contributed by atoms with E-state index in [2.05, 4.69) is 0 Å². The number of amides is 2. The Bertz CT molecular complexity index is 333. The van der Waals surface area contributed by atoms with Crippen LogP contribution < -0.4 is 0 Å². The predicted octanol–water partition coefficient (Wildman–Crippen LogP) is 4.20. The highest BCUT2D eigenvalue weighted by Gasteiger charge is 2.31. The third-order valence-electron chi connectivity index (χ3n) is 2.37. The van der Waals surface area contributed by atoms with Crippen LogP contribution in [0.3, 0.4) is 0 Å². The highest BCUT2D eigenvalue weighted by Crippen LogP contribution is 2.16. The predicted molar refractivity (Wildman–Crippen MR) is 86.5 cm³/mol. The summed E-state index contributed by atoms with van der Waals surface area (Å²) < 4.78 is 10.8. The Morgan fingerprint density at radius 2 is 1.00 bits per heavy atom. The Morgan fingerprint density at radius 3 is 1.18 bits per heavy atom. The summed E-state index contributed by atoms with van der Waals surface area (Å²) >= 11 is 0. The van der Waals surface area contributed by atoms with Crippen LogP contribution >= 0.6 is 0 Å². The maximum absolute atomic E-state index is 12.4. The Hall–Kier alpha value is -1.46. The molecule has 0 aromatic heterocycles. The van der Waals surface area contributed by atoms with E-state index in [1.165, 1.54) is 10.0 Å². The second kappa shape index (κ2) is 8.25. The van der Waals surface area contributed by atoms with Crippen LogP contribution in [0.1, 0.15) is 68.2 Å². The second-order valence-electron chi connectivity index (χ2n) is 7.21. The van der Waals surface area contributed by atoms with Gasteiger partial charge in [0.25, 0.3) is 0 Å². The Labute approximate surface area is 134 Å². The van der Waals surface area contributed by atoms with E-state index < -0.39 is 23.4 Å². The second-order valence-corrected chi connectivity index (χ2v) is 7.21. The lowest BCUT2D eigenvalue weighted by Crippen LogP contribution is -2.53. The van der Waals surface area contributed by atoms with Gasteiger partial charge in [0.1, 0.15) is 11.2 Å². The largest absolute Gasteiger partial charge is 0.442 e. The van der Waals surface area contributed by atoms with Crippen LogP contribution in [-0.4, -0.2) is 46.5 Å². The quantitative estimate of drug-likeness (QED) is 0.729. The molecule has 0 saturated carbocycles. The number of ether oxygens (including phenoxy) is 2. The van der Waals surface area contributed by atoms with Crippen LogP contribution in [0.5, 0.6) is 0 Å². The maximum atomic E-state index is 12.4. The molecule has 0 fully saturated rings. The van der Waals surface area contributed by atoms with Gasteiger partial charge in [-0.25, -0.2) is 19.6 Å². The van der Waals surface area contributed by atoms with Gasteiger partial charge in [0.05, 0.1) is 0 Å². The van der Waals surface area contributed by atoms with E-state index >= 15 is 0 Å². The van der Waals surface area contributed by atoms with Gasteiger partial charge in [-0.1, -0.05) is 13.8 Å². The van der Waals surface area contributed by atoms with Crippen LogP contribution in [0.2, 0.25) is 0 Å². The first-order valence-electron chi connectivity index (χ1n) is 7.92. The lowest BCUT2D eigenvalue weighted by molar-refractivity contribution is -0.0626. The van der Waals surface area contributed by atoms with Gasteiger partial charge in [-0.15, -0.1) is 0 Å². The molecule has 0 rings (SSSR count). The van der Waals surface area contributed by atoms with Gasteiger partial charge in [0.2, 0.25) is 0 Å². The van der Waals surface area contributed by atoms with Gasteiger partial charge in [-0.3, -0.25) is 0 Å². The van der Waals surface area contributed by atoms with Crippen molar-refractivity contribution in [3.05, 3.63) is 0 Å². The molecular weight excluding hydrogens is 284 g/mol. The summed E-state index contributed by atoms with van der Waals surface area (Å²) in [4.78, 5) is 24.8. The minimum atomic E-state index is -0.616. The van der Waals surface area contributed by atoms with Crippen molar-refractivity contribution < 1.29 is 19.1 Å². The summed E-state index contributed by atoms with van der Waals surface area (Å²) in [7, 11) is 0. The number of hydrogen-bond acceptors (Lipinski definition) is 4. The molecule has 0 aliphatic heterocycles. The minimum absolute atomic E-state index is 0.397.